The average molecular weight is 282 g/mol. The molecule has 0 aromatic heterocycles. The summed E-state index contributed by atoms with van der Waals surface area (Å²) in [5.74, 6) is 0.456. The van der Waals surface area contributed by atoms with E-state index in [1.807, 2.05) is 6.92 Å². The van der Waals surface area contributed by atoms with Gasteiger partial charge < -0.3 is 15.0 Å². The van der Waals surface area contributed by atoms with Crippen LogP contribution < -0.4 is 5.32 Å². The largest absolute Gasteiger partial charge is 0.380 e. The van der Waals surface area contributed by atoms with Crippen LogP contribution in [0.15, 0.2) is 0 Å². The first kappa shape index (κ1) is 15.3. The van der Waals surface area contributed by atoms with Gasteiger partial charge in [0.15, 0.2) is 0 Å². The van der Waals surface area contributed by atoms with Crippen molar-refractivity contribution in [1.29, 1.82) is 0 Å². The van der Waals surface area contributed by atoms with Crippen molar-refractivity contribution in [3.63, 3.8) is 0 Å². The van der Waals surface area contributed by atoms with Gasteiger partial charge in [-0.25, -0.2) is 0 Å². The number of carbonyl (C=O) groups excluding carboxylic acids is 2. The zero-order valence-corrected chi connectivity index (χ0v) is 12.6. The Morgan fingerprint density at radius 1 is 1.20 bits per heavy atom. The van der Waals surface area contributed by atoms with Crippen molar-refractivity contribution < 1.29 is 14.3 Å². The van der Waals surface area contributed by atoms with Crippen molar-refractivity contribution in [3.8, 4) is 0 Å². The first-order valence-electron chi connectivity index (χ1n) is 7.87. The number of carbonyl (C=O) groups is 2. The first-order chi connectivity index (χ1) is 9.69. The third-order valence-electron chi connectivity index (χ3n) is 4.01. The standard InChI is InChI=1S/C15H26N2O3/c1-3-5-12-14(18)16-13(11-6-7-11)15(19)17(12)8-10-20-9-4-2/h11-13H,3-10H2,1-2H3,(H,16,18). The third kappa shape index (κ3) is 3.51. The summed E-state index contributed by atoms with van der Waals surface area (Å²) < 4.78 is 5.48. The highest BCUT2D eigenvalue weighted by molar-refractivity contribution is 5.97. The number of nitrogens with one attached hydrogen (secondary N) is 1. The second-order valence-corrected chi connectivity index (χ2v) is 5.77. The summed E-state index contributed by atoms with van der Waals surface area (Å²) in [6.45, 7) is 5.85. The second kappa shape index (κ2) is 7.07. The van der Waals surface area contributed by atoms with E-state index in [4.69, 9.17) is 4.74 Å². The zero-order chi connectivity index (χ0) is 14.5. The van der Waals surface area contributed by atoms with E-state index in [-0.39, 0.29) is 23.9 Å². The van der Waals surface area contributed by atoms with E-state index in [2.05, 4.69) is 12.2 Å². The molecule has 5 nitrogen and oxygen atoms in total. The van der Waals surface area contributed by atoms with E-state index < -0.39 is 0 Å². The molecular formula is C15H26N2O3. The van der Waals surface area contributed by atoms with Gasteiger partial charge in [-0.2, -0.15) is 0 Å². The van der Waals surface area contributed by atoms with Crippen LogP contribution in [0, 0.1) is 5.92 Å². The molecule has 2 fully saturated rings. The fourth-order valence-corrected chi connectivity index (χ4v) is 2.77. The maximum absolute atomic E-state index is 12.6. The Hall–Kier alpha value is -1.10. The number of nitrogens with zero attached hydrogens (tertiary/aromatic N) is 1. The Bertz CT molecular complexity index is 355. The molecule has 2 unspecified atom stereocenters. The Kier molecular flexibility index (Phi) is 5.40. The van der Waals surface area contributed by atoms with Gasteiger partial charge in [0.25, 0.3) is 0 Å². The quantitative estimate of drug-likeness (QED) is 0.683. The predicted octanol–water partition coefficient (Wildman–Crippen LogP) is 1.32. The van der Waals surface area contributed by atoms with E-state index in [0.717, 1.165) is 32.1 Å². The van der Waals surface area contributed by atoms with E-state index >= 15 is 0 Å². The van der Waals surface area contributed by atoms with Crippen LogP contribution >= 0.6 is 0 Å². The fraction of sp³-hybridized carbons (Fsp3) is 0.867. The maximum atomic E-state index is 12.6. The number of rotatable bonds is 8. The lowest BCUT2D eigenvalue weighted by molar-refractivity contribution is -0.151. The summed E-state index contributed by atoms with van der Waals surface area (Å²) in [7, 11) is 0. The molecule has 1 aliphatic heterocycles. The molecule has 20 heavy (non-hydrogen) atoms. The summed E-state index contributed by atoms with van der Waals surface area (Å²) >= 11 is 0. The Labute approximate surface area is 121 Å². The van der Waals surface area contributed by atoms with Crippen LogP contribution in [0.5, 0.6) is 0 Å². The van der Waals surface area contributed by atoms with Gasteiger partial charge in [-0.3, -0.25) is 9.59 Å². The van der Waals surface area contributed by atoms with Crippen LogP contribution in [0.2, 0.25) is 0 Å². The minimum atomic E-state index is -0.312. The topological polar surface area (TPSA) is 58.6 Å². The number of hydrogen-bond acceptors (Lipinski definition) is 3. The van der Waals surface area contributed by atoms with Gasteiger partial charge in [0.05, 0.1) is 6.61 Å². The van der Waals surface area contributed by atoms with Crippen molar-refractivity contribution in [3.05, 3.63) is 0 Å². The van der Waals surface area contributed by atoms with Crippen molar-refractivity contribution in [2.45, 2.75) is 58.0 Å². The fourth-order valence-electron chi connectivity index (χ4n) is 2.77. The molecule has 2 amide bonds. The summed E-state index contributed by atoms with van der Waals surface area (Å²) in [4.78, 5) is 26.5. The van der Waals surface area contributed by atoms with Gasteiger partial charge in [0, 0.05) is 13.2 Å². The zero-order valence-electron chi connectivity index (χ0n) is 12.6. The Morgan fingerprint density at radius 3 is 2.55 bits per heavy atom. The van der Waals surface area contributed by atoms with Crippen LogP contribution in [0.4, 0.5) is 0 Å². The average Bonchev–Trinajstić information content (AvgIpc) is 3.25. The molecule has 0 spiro atoms. The number of ether oxygens (including phenoxy) is 1. The Morgan fingerprint density at radius 2 is 1.95 bits per heavy atom. The van der Waals surface area contributed by atoms with Gasteiger partial charge in [-0.1, -0.05) is 20.3 Å². The number of amides is 2. The molecule has 1 heterocycles. The van der Waals surface area contributed by atoms with Gasteiger partial charge in [0.1, 0.15) is 12.1 Å². The smallest absolute Gasteiger partial charge is 0.246 e. The second-order valence-electron chi connectivity index (χ2n) is 5.77. The van der Waals surface area contributed by atoms with Crippen LogP contribution in [0.25, 0.3) is 0 Å². The maximum Gasteiger partial charge on any atom is 0.246 e. The first-order valence-corrected chi connectivity index (χ1v) is 7.87. The lowest BCUT2D eigenvalue weighted by atomic mass is 10.0. The molecule has 2 atom stereocenters. The van der Waals surface area contributed by atoms with Crippen molar-refractivity contribution in [2.75, 3.05) is 19.8 Å². The van der Waals surface area contributed by atoms with Gasteiger partial charge in [0.2, 0.25) is 11.8 Å². The summed E-state index contributed by atoms with van der Waals surface area (Å²) in [6, 6.07) is -0.602. The molecule has 2 rings (SSSR count). The van der Waals surface area contributed by atoms with Crippen molar-refractivity contribution in [1.82, 2.24) is 10.2 Å². The van der Waals surface area contributed by atoms with Crippen LogP contribution in [0.1, 0.15) is 46.0 Å². The molecular weight excluding hydrogens is 256 g/mol. The monoisotopic (exact) mass is 282 g/mol. The van der Waals surface area contributed by atoms with Crippen LogP contribution in [-0.2, 0) is 14.3 Å². The van der Waals surface area contributed by atoms with Crippen molar-refractivity contribution >= 4 is 11.8 Å². The normalized spacial score (nSPS) is 26.8. The summed E-state index contributed by atoms with van der Waals surface area (Å²) in [5.41, 5.74) is 0. The highest BCUT2D eigenvalue weighted by Crippen LogP contribution is 2.35. The minimum Gasteiger partial charge on any atom is -0.380 e. The van der Waals surface area contributed by atoms with Gasteiger partial charge in [-0.15, -0.1) is 0 Å². The minimum absolute atomic E-state index is 0.0128. The molecule has 0 aromatic carbocycles. The lowest BCUT2D eigenvalue weighted by Gasteiger charge is -2.39. The predicted molar refractivity (Wildman–Crippen MR) is 76.2 cm³/mol. The highest BCUT2D eigenvalue weighted by Gasteiger charge is 2.46. The molecule has 1 aliphatic carbocycles. The molecule has 2 aliphatic rings. The van der Waals surface area contributed by atoms with Crippen LogP contribution in [-0.4, -0.2) is 48.6 Å². The molecule has 5 heteroatoms. The van der Waals surface area contributed by atoms with Crippen molar-refractivity contribution in [2.24, 2.45) is 5.92 Å². The summed E-state index contributed by atoms with van der Waals surface area (Å²) in [5, 5.41) is 2.92. The Balaban J connectivity index is 1.99. The SMILES string of the molecule is CCCOCCN1C(=O)C(C2CC2)NC(=O)C1CCC. The van der Waals surface area contributed by atoms with E-state index in [9.17, 15) is 9.59 Å². The van der Waals surface area contributed by atoms with E-state index in [0.29, 0.717) is 25.7 Å². The number of piperazine rings is 1. The van der Waals surface area contributed by atoms with E-state index in [1.54, 1.807) is 4.90 Å². The number of hydrogen-bond donors (Lipinski definition) is 1. The van der Waals surface area contributed by atoms with Gasteiger partial charge in [-0.05, 0) is 31.6 Å². The summed E-state index contributed by atoms with van der Waals surface area (Å²) in [6.07, 6.45) is 4.69. The highest BCUT2D eigenvalue weighted by atomic mass is 16.5. The molecule has 114 valence electrons. The third-order valence-corrected chi connectivity index (χ3v) is 4.01. The van der Waals surface area contributed by atoms with Gasteiger partial charge >= 0.3 is 0 Å². The molecule has 0 radical (unpaired) electrons. The molecule has 0 aromatic rings. The van der Waals surface area contributed by atoms with E-state index in [1.165, 1.54) is 0 Å². The van der Waals surface area contributed by atoms with Crippen LogP contribution in [0.3, 0.4) is 0 Å². The molecule has 1 saturated carbocycles. The molecule has 1 saturated heterocycles. The molecule has 0 bridgehead atoms. The lowest BCUT2D eigenvalue weighted by Crippen LogP contribution is -2.64. The molecule has 1 N–H and O–H groups in total.